The molecule has 0 aliphatic rings. The first kappa shape index (κ1) is 14.7. The van der Waals surface area contributed by atoms with Crippen molar-refractivity contribution in [2.45, 2.75) is 20.4 Å². The number of amides is 1. The van der Waals surface area contributed by atoms with Gasteiger partial charge in [-0.1, -0.05) is 23.2 Å². The van der Waals surface area contributed by atoms with Crippen molar-refractivity contribution >= 4 is 34.8 Å². The predicted molar refractivity (Wildman–Crippen MR) is 78.7 cm³/mol. The number of aryl methyl sites for hydroxylation is 2. The lowest BCUT2D eigenvalue weighted by Gasteiger charge is -2.09. The molecular weight excluding hydrogens is 301 g/mol. The minimum Gasteiger partial charge on any atom is -0.504 e. The Kier molecular flexibility index (Phi) is 4.20. The molecule has 106 valence electrons. The summed E-state index contributed by atoms with van der Waals surface area (Å²) in [5.74, 6) is -0.607. The monoisotopic (exact) mass is 313 g/mol. The summed E-state index contributed by atoms with van der Waals surface area (Å²) in [6, 6.07) is 4.50. The molecule has 20 heavy (non-hydrogen) atoms. The molecule has 7 heteroatoms. The molecule has 0 aliphatic carbocycles. The molecule has 0 aliphatic heterocycles. The summed E-state index contributed by atoms with van der Waals surface area (Å²) in [6.45, 7) is 4.26. The second kappa shape index (κ2) is 5.73. The van der Waals surface area contributed by atoms with Gasteiger partial charge >= 0.3 is 0 Å². The van der Waals surface area contributed by atoms with Crippen LogP contribution in [0.3, 0.4) is 0 Å². The summed E-state index contributed by atoms with van der Waals surface area (Å²) >= 11 is 11.7. The molecule has 0 saturated carbocycles. The fourth-order valence-corrected chi connectivity index (χ4v) is 2.31. The molecule has 1 aromatic carbocycles. The zero-order valence-corrected chi connectivity index (χ0v) is 12.5. The molecule has 0 unspecified atom stereocenters. The van der Waals surface area contributed by atoms with Gasteiger partial charge in [0.15, 0.2) is 5.75 Å². The van der Waals surface area contributed by atoms with Crippen LogP contribution in [0.25, 0.3) is 0 Å². The molecule has 0 radical (unpaired) electrons. The molecule has 0 spiro atoms. The normalized spacial score (nSPS) is 10.6. The highest BCUT2D eigenvalue weighted by molar-refractivity contribution is 6.36. The molecule has 2 N–H and O–H groups in total. The smallest absolute Gasteiger partial charge is 0.274 e. The summed E-state index contributed by atoms with van der Waals surface area (Å²) in [4.78, 5) is 12.2. The lowest BCUT2D eigenvalue weighted by molar-refractivity contribution is 0.101. The van der Waals surface area contributed by atoms with E-state index in [1.165, 1.54) is 12.1 Å². The lowest BCUT2D eigenvalue weighted by Crippen LogP contribution is -2.17. The van der Waals surface area contributed by atoms with Crippen LogP contribution in [0, 0.1) is 6.92 Å². The number of benzene rings is 1. The van der Waals surface area contributed by atoms with E-state index in [0.717, 1.165) is 5.69 Å². The van der Waals surface area contributed by atoms with Gasteiger partial charge in [-0.2, -0.15) is 5.10 Å². The summed E-state index contributed by atoms with van der Waals surface area (Å²) in [7, 11) is 0. The molecular formula is C13H13Cl2N3O2. The first-order chi connectivity index (χ1) is 9.42. The number of hydrogen-bond donors (Lipinski definition) is 2. The Morgan fingerprint density at radius 2 is 2.10 bits per heavy atom. The van der Waals surface area contributed by atoms with E-state index in [1.54, 1.807) is 17.7 Å². The van der Waals surface area contributed by atoms with Gasteiger partial charge in [0.1, 0.15) is 5.69 Å². The zero-order valence-electron chi connectivity index (χ0n) is 10.9. The van der Waals surface area contributed by atoms with E-state index < -0.39 is 0 Å². The number of nitrogens with zero attached hydrogens (tertiary/aromatic N) is 2. The van der Waals surface area contributed by atoms with Crippen LogP contribution < -0.4 is 5.32 Å². The van der Waals surface area contributed by atoms with E-state index in [4.69, 9.17) is 23.2 Å². The minimum absolute atomic E-state index is 0.0768. The second-order valence-electron chi connectivity index (χ2n) is 4.22. The van der Waals surface area contributed by atoms with Crippen LogP contribution >= 0.6 is 23.2 Å². The van der Waals surface area contributed by atoms with Crippen molar-refractivity contribution in [3.8, 4) is 5.75 Å². The molecule has 1 aromatic heterocycles. The highest BCUT2D eigenvalue weighted by Crippen LogP contribution is 2.35. The number of aromatic nitrogens is 2. The van der Waals surface area contributed by atoms with Gasteiger partial charge in [0.2, 0.25) is 0 Å². The fraction of sp³-hybridized carbons (Fsp3) is 0.231. The number of rotatable bonds is 3. The van der Waals surface area contributed by atoms with Crippen LogP contribution in [0.4, 0.5) is 5.69 Å². The topological polar surface area (TPSA) is 67.2 Å². The van der Waals surface area contributed by atoms with Crippen LogP contribution in [-0.4, -0.2) is 20.8 Å². The maximum absolute atomic E-state index is 12.2. The molecule has 1 heterocycles. The molecule has 0 bridgehead atoms. The number of anilines is 1. The zero-order chi connectivity index (χ0) is 14.9. The minimum atomic E-state index is -0.388. The standard InChI is InChI=1S/C13H13Cl2N3O2/c1-3-18-11(4-7(2)17-18)13(20)16-10-6-8(14)5-9(15)12(10)19/h4-6,19H,3H2,1-2H3,(H,16,20). The lowest BCUT2D eigenvalue weighted by atomic mass is 10.2. The Labute approximate surface area is 126 Å². The third-order valence-corrected chi connectivity index (χ3v) is 3.22. The summed E-state index contributed by atoms with van der Waals surface area (Å²) in [6.07, 6.45) is 0. The largest absolute Gasteiger partial charge is 0.504 e. The van der Waals surface area contributed by atoms with E-state index in [1.807, 2.05) is 6.92 Å². The molecule has 2 rings (SSSR count). The van der Waals surface area contributed by atoms with Crippen molar-refractivity contribution in [3.05, 3.63) is 39.6 Å². The van der Waals surface area contributed by atoms with Crippen LogP contribution in [0.1, 0.15) is 23.1 Å². The average molecular weight is 314 g/mol. The van der Waals surface area contributed by atoms with Crippen molar-refractivity contribution < 1.29 is 9.90 Å². The van der Waals surface area contributed by atoms with Gasteiger partial charge in [0, 0.05) is 11.6 Å². The number of phenols is 1. The van der Waals surface area contributed by atoms with Crippen molar-refractivity contribution in [2.24, 2.45) is 0 Å². The number of aromatic hydroxyl groups is 1. The van der Waals surface area contributed by atoms with Crippen LogP contribution in [0.15, 0.2) is 18.2 Å². The van der Waals surface area contributed by atoms with Gasteiger partial charge in [-0.05, 0) is 32.0 Å². The summed E-state index contributed by atoms with van der Waals surface area (Å²) in [5.41, 5.74) is 1.31. The molecule has 0 saturated heterocycles. The summed E-state index contributed by atoms with van der Waals surface area (Å²) in [5, 5.41) is 17.0. The van der Waals surface area contributed by atoms with Crippen molar-refractivity contribution in [1.29, 1.82) is 0 Å². The van der Waals surface area contributed by atoms with Gasteiger partial charge in [-0.3, -0.25) is 9.48 Å². The van der Waals surface area contributed by atoms with E-state index >= 15 is 0 Å². The van der Waals surface area contributed by atoms with E-state index in [0.29, 0.717) is 17.3 Å². The Morgan fingerprint density at radius 3 is 2.75 bits per heavy atom. The first-order valence-corrected chi connectivity index (χ1v) is 6.71. The van der Waals surface area contributed by atoms with Gasteiger partial charge in [-0.15, -0.1) is 0 Å². The summed E-state index contributed by atoms with van der Waals surface area (Å²) < 4.78 is 1.58. The third kappa shape index (κ3) is 2.89. The van der Waals surface area contributed by atoms with Gasteiger partial charge in [-0.25, -0.2) is 0 Å². The van der Waals surface area contributed by atoms with Crippen LogP contribution in [0.5, 0.6) is 5.75 Å². The molecule has 2 aromatic rings. The number of nitrogens with one attached hydrogen (secondary N) is 1. The van der Waals surface area contributed by atoms with Crippen molar-refractivity contribution in [1.82, 2.24) is 9.78 Å². The average Bonchev–Trinajstić information content (AvgIpc) is 2.76. The Hall–Kier alpha value is -1.72. The second-order valence-corrected chi connectivity index (χ2v) is 5.07. The SMILES string of the molecule is CCn1nc(C)cc1C(=O)Nc1cc(Cl)cc(Cl)c1O. The Bertz CT molecular complexity index is 668. The van der Waals surface area contributed by atoms with Crippen LogP contribution in [0.2, 0.25) is 10.0 Å². The number of carbonyl (C=O) groups is 1. The Balaban J connectivity index is 2.32. The van der Waals surface area contributed by atoms with Crippen molar-refractivity contribution in [2.75, 3.05) is 5.32 Å². The van der Waals surface area contributed by atoms with E-state index in [2.05, 4.69) is 10.4 Å². The molecule has 0 atom stereocenters. The van der Waals surface area contributed by atoms with Crippen molar-refractivity contribution in [3.63, 3.8) is 0 Å². The maximum atomic E-state index is 12.2. The Morgan fingerprint density at radius 1 is 1.40 bits per heavy atom. The molecule has 0 fully saturated rings. The van der Waals surface area contributed by atoms with E-state index in [-0.39, 0.29) is 22.4 Å². The van der Waals surface area contributed by atoms with Gasteiger partial charge in [0.25, 0.3) is 5.91 Å². The number of phenolic OH excluding ortho intramolecular Hbond substituents is 1. The number of halogens is 2. The van der Waals surface area contributed by atoms with E-state index in [9.17, 15) is 9.90 Å². The maximum Gasteiger partial charge on any atom is 0.274 e. The fourth-order valence-electron chi connectivity index (χ4n) is 1.82. The first-order valence-electron chi connectivity index (χ1n) is 5.96. The van der Waals surface area contributed by atoms with Gasteiger partial charge < -0.3 is 10.4 Å². The number of carbonyl (C=O) groups excluding carboxylic acids is 1. The third-order valence-electron chi connectivity index (χ3n) is 2.71. The van der Waals surface area contributed by atoms with Gasteiger partial charge in [0.05, 0.1) is 16.4 Å². The molecule has 5 nitrogen and oxygen atoms in total. The predicted octanol–water partition coefficient (Wildman–Crippen LogP) is 3.48. The highest BCUT2D eigenvalue weighted by Gasteiger charge is 2.16. The number of hydrogen-bond acceptors (Lipinski definition) is 3. The molecule has 1 amide bonds. The highest BCUT2D eigenvalue weighted by atomic mass is 35.5. The quantitative estimate of drug-likeness (QED) is 0.852. The van der Waals surface area contributed by atoms with Crippen LogP contribution in [-0.2, 0) is 6.54 Å².